The van der Waals surface area contributed by atoms with Gasteiger partial charge in [0.15, 0.2) is 0 Å². The molecule has 4 aliphatic rings. The first-order valence-electron chi connectivity index (χ1n) is 9.78. The zero-order chi connectivity index (χ0) is 17.0. The van der Waals surface area contributed by atoms with Crippen molar-refractivity contribution in [1.82, 2.24) is 9.88 Å². The Morgan fingerprint density at radius 3 is 2.76 bits per heavy atom. The lowest BCUT2D eigenvalue weighted by molar-refractivity contribution is 0.0460. The molecule has 0 spiro atoms. The smallest absolute Gasteiger partial charge is 0.101 e. The van der Waals surface area contributed by atoms with Crippen molar-refractivity contribution in [2.45, 2.75) is 56.9 Å². The topological polar surface area (TPSA) is 28.5 Å². The Labute approximate surface area is 154 Å². The number of hydrogen-bond acceptors (Lipinski definition) is 4. The molecule has 3 fully saturated rings. The van der Waals surface area contributed by atoms with Gasteiger partial charge in [0, 0.05) is 30.3 Å². The van der Waals surface area contributed by atoms with E-state index in [1.54, 1.807) is 0 Å². The summed E-state index contributed by atoms with van der Waals surface area (Å²) in [5.41, 5.74) is 4.07. The summed E-state index contributed by atoms with van der Waals surface area (Å²) in [5, 5.41) is 1.38. The first kappa shape index (κ1) is 16.0. The molecule has 2 saturated heterocycles. The normalized spacial score (nSPS) is 33.0. The van der Waals surface area contributed by atoms with Crippen LogP contribution in [-0.4, -0.2) is 41.8 Å². The van der Waals surface area contributed by atoms with Crippen LogP contribution in [0.15, 0.2) is 23.2 Å². The molecule has 1 saturated carbocycles. The zero-order valence-corrected chi connectivity index (χ0v) is 16.1. The molecule has 0 unspecified atom stereocenters. The Balaban J connectivity index is 1.50. The van der Waals surface area contributed by atoms with Crippen molar-refractivity contribution >= 4 is 27.3 Å². The summed E-state index contributed by atoms with van der Waals surface area (Å²) in [7, 11) is 2.30. The Hall–Kier alpha value is -1.26. The lowest BCUT2D eigenvalue weighted by atomic mass is 9.68. The third-order valence-corrected chi connectivity index (χ3v) is 8.01. The molecule has 0 amide bonds. The van der Waals surface area contributed by atoms with E-state index in [-0.39, 0.29) is 0 Å². The number of piperidine rings is 2. The molecule has 2 bridgehead atoms. The predicted molar refractivity (Wildman–Crippen MR) is 106 cm³/mol. The maximum Gasteiger partial charge on any atom is 0.101 e. The molecule has 1 aromatic carbocycles. The molecule has 0 N–H and O–H groups in total. The van der Waals surface area contributed by atoms with Gasteiger partial charge in [-0.15, -0.1) is 11.3 Å². The summed E-state index contributed by atoms with van der Waals surface area (Å²) in [4.78, 5) is 12.5. The summed E-state index contributed by atoms with van der Waals surface area (Å²) in [6.45, 7) is 4.46. The number of hydrogen-bond donors (Lipinski definition) is 0. The summed E-state index contributed by atoms with van der Waals surface area (Å²) in [6, 6.07) is 7.65. The predicted octanol–water partition coefficient (Wildman–Crippen LogP) is 4.64. The molecule has 3 nitrogen and oxygen atoms in total. The average Bonchev–Trinajstić information content (AvgIpc) is 3.07. The van der Waals surface area contributed by atoms with Crippen LogP contribution in [0.1, 0.15) is 56.0 Å². The molecule has 0 radical (unpaired) electrons. The van der Waals surface area contributed by atoms with Gasteiger partial charge in [-0.1, -0.05) is 13.0 Å². The second-order valence-electron chi connectivity index (χ2n) is 8.56. The van der Waals surface area contributed by atoms with Crippen LogP contribution in [0.4, 0.5) is 0 Å². The van der Waals surface area contributed by atoms with Gasteiger partial charge in [0.25, 0.3) is 0 Å². The van der Waals surface area contributed by atoms with Gasteiger partial charge in [-0.05, 0) is 69.2 Å². The van der Waals surface area contributed by atoms with E-state index < -0.39 is 0 Å². The van der Waals surface area contributed by atoms with E-state index in [1.807, 2.05) is 11.3 Å². The highest BCUT2D eigenvalue weighted by molar-refractivity contribution is 7.18. The van der Waals surface area contributed by atoms with Gasteiger partial charge in [-0.3, -0.25) is 4.99 Å². The summed E-state index contributed by atoms with van der Waals surface area (Å²) in [6.07, 6.45) is 7.69. The molecule has 3 aliphatic heterocycles. The number of likely N-dealkylation sites (N-methyl/N-ethyl adjacent to an activating group) is 1. The molecule has 2 aromatic rings. The molecule has 1 atom stereocenters. The number of rotatable bonds is 2. The molecule has 4 heteroatoms. The number of aliphatic imine (C=N–C) groups is 1. The van der Waals surface area contributed by atoms with E-state index >= 15 is 0 Å². The second-order valence-corrected chi connectivity index (χ2v) is 9.59. The fraction of sp³-hybridized carbons (Fsp3) is 0.619. The fourth-order valence-electron chi connectivity index (χ4n) is 5.03. The highest BCUT2D eigenvalue weighted by Gasteiger charge is 2.46. The van der Waals surface area contributed by atoms with Crippen molar-refractivity contribution in [1.29, 1.82) is 0 Å². The fourth-order valence-corrected chi connectivity index (χ4v) is 6.21. The van der Waals surface area contributed by atoms with Gasteiger partial charge >= 0.3 is 0 Å². The lowest BCUT2D eigenvalue weighted by Crippen LogP contribution is -2.54. The average molecular weight is 354 g/mol. The van der Waals surface area contributed by atoms with Crippen molar-refractivity contribution in [3.05, 3.63) is 28.8 Å². The second kappa shape index (κ2) is 5.88. The largest absolute Gasteiger partial charge is 0.302 e. The molecular formula is C21H27N3S. The van der Waals surface area contributed by atoms with Crippen LogP contribution in [-0.2, 0) is 5.41 Å². The van der Waals surface area contributed by atoms with Crippen LogP contribution < -0.4 is 0 Å². The van der Waals surface area contributed by atoms with E-state index in [4.69, 9.17) is 9.98 Å². The van der Waals surface area contributed by atoms with Gasteiger partial charge in [0.1, 0.15) is 5.01 Å². The Morgan fingerprint density at radius 1 is 1.20 bits per heavy atom. The molecule has 132 valence electrons. The summed E-state index contributed by atoms with van der Waals surface area (Å²) < 4.78 is 1.34. The van der Waals surface area contributed by atoms with Crippen molar-refractivity contribution in [3.63, 3.8) is 0 Å². The number of fused-ring (bicyclic) bond motifs is 4. The highest BCUT2D eigenvalue weighted by atomic mass is 32.1. The number of nitrogens with zero attached hydrogens (tertiary/aromatic N) is 3. The minimum atomic E-state index is 0.311. The van der Waals surface area contributed by atoms with E-state index in [1.165, 1.54) is 65.1 Å². The Kier molecular flexibility index (Phi) is 3.75. The molecule has 1 aromatic heterocycles. The maximum absolute atomic E-state index is 5.15. The first-order valence-corrected chi connectivity index (χ1v) is 10.6. The lowest BCUT2D eigenvalue weighted by Gasteiger charge is -2.50. The van der Waals surface area contributed by atoms with Gasteiger partial charge in [0.2, 0.25) is 0 Å². The zero-order valence-electron chi connectivity index (χ0n) is 15.3. The van der Waals surface area contributed by atoms with Gasteiger partial charge in [-0.25, -0.2) is 4.98 Å². The number of benzene rings is 1. The maximum atomic E-state index is 5.15. The first-order chi connectivity index (χ1) is 12.1. The molecule has 25 heavy (non-hydrogen) atoms. The van der Waals surface area contributed by atoms with E-state index in [2.05, 4.69) is 37.1 Å². The van der Waals surface area contributed by atoms with Crippen LogP contribution in [0.3, 0.4) is 0 Å². The van der Waals surface area contributed by atoms with Crippen molar-refractivity contribution in [2.75, 3.05) is 20.1 Å². The van der Waals surface area contributed by atoms with Gasteiger partial charge in [-0.2, -0.15) is 0 Å². The third kappa shape index (κ3) is 2.65. The standard InChI is InChI=1S/C21H27N3S/c1-14-3-5-17(22-12-14)15-4-6-19-18(11-15)23-20(25-19)21-9-7-16(8-10-21)24(2)13-21/h4,6,11,14,16H,3,5,7-10,12-13H2,1-2H3/t14-,16?,21?/m0/s1. The monoisotopic (exact) mass is 353 g/mol. The minimum absolute atomic E-state index is 0.311. The van der Waals surface area contributed by atoms with Crippen molar-refractivity contribution < 1.29 is 0 Å². The Morgan fingerprint density at radius 2 is 2.04 bits per heavy atom. The van der Waals surface area contributed by atoms with Crippen LogP contribution in [0.5, 0.6) is 0 Å². The van der Waals surface area contributed by atoms with Crippen LogP contribution >= 0.6 is 11.3 Å². The molecule has 6 rings (SSSR count). The quantitative estimate of drug-likeness (QED) is 0.787. The van der Waals surface area contributed by atoms with Crippen LogP contribution in [0.2, 0.25) is 0 Å². The SMILES string of the molecule is C[C@H]1CCC(c2ccc3sc(C45CCC(CC4)N(C)C5)nc3c2)=NC1. The van der Waals surface area contributed by atoms with Crippen molar-refractivity contribution in [2.24, 2.45) is 10.9 Å². The van der Waals surface area contributed by atoms with E-state index in [0.29, 0.717) is 5.41 Å². The number of thiazole rings is 1. The third-order valence-electron chi connectivity index (χ3n) is 6.73. The Bertz CT molecular complexity index is 829. The minimum Gasteiger partial charge on any atom is -0.302 e. The van der Waals surface area contributed by atoms with Crippen molar-refractivity contribution in [3.8, 4) is 0 Å². The van der Waals surface area contributed by atoms with E-state index in [9.17, 15) is 0 Å². The van der Waals surface area contributed by atoms with Crippen LogP contribution in [0, 0.1) is 5.92 Å². The number of aromatic nitrogens is 1. The summed E-state index contributed by atoms with van der Waals surface area (Å²) >= 11 is 1.93. The van der Waals surface area contributed by atoms with E-state index in [0.717, 1.165) is 24.9 Å². The van der Waals surface area contributed by atoms with Gasteiger partial charge < -0.3 is 4.90 Å². The molecule has 4 heterocycles. The van der Waals surface area contributed by atoms with Crippen LogP contribution in [0.25, 0.3) is 10.2 Å². The van der Waals surface area contributed by atoms with Gasteiger partial charge in [0.05, 0.1) is 10.2 Å². The highest BCUT2D eigenvalue weighted by Crippen LogP contribution is 2.47. The molecule has 1 aliphatic carbocycles. The molecular weight excluding hydrogens is 326 g/mol. The summed E-state index contributed by atoms with van der Waals surface area (Å²) in [5.74, 6) is 0.732.